The lowest BCUT2D eigenvalue weighted by Crippen LogP contribution is -2.46. The summed E-state index contributed by atoms with van der Waals surface area (Å²) in [5.74, 6) is -1.16. The lowest BCUT2D eigenvalue weighted by Gasteiger charge is -2.40. The lowest BCUT2D eigenvalue weighted by atomic mass is 9.95. The first-order valence-electron chi connectivity index (χ1n) is 12.5. The number of halogens is 3. The van der Waals surface area contributed by atoms with Crippen LogP contribution in [-0.4, -0.2) is 63.1 Å². The van der Waals surface area contributed by atoms with E-state index in [2.05, 4.69) is 19.8 Å². The zero-order valence-corrected chi connectivity index (χ0v) is 20.0. The van der Waals surface area contributed by atoms with E-state index in [0.717, 1.165) is 51.2 Å². The van der Waals surface area contributed by atoms with Crippen molar-refractivity contribution in [3.8, 4) is 11.3 Å². The second kappa shape index (κ2) is 10.1. The third-order valence-electron chi connectivity index (χ3n) is 7.37. The molecule has 2 fully saturated rings. The van der Waals surface area contributed by atoms with E-state index in [-0.39, 0.29) is 22.3 Å². The number of aromatic nitrogens is 2. The van der Waals surface area contributed by atoms with E-state index in [1.165, 1.54) is 31.5 Å². The Labute approximate surface area is 207 Å². The molecule has 1 N–H and O–H groups in total. The van der Waals surface area contributed by atoms with Crippen molar-refractivity contribution >= 4 is 17.0 Å². The molecule has 9 heteroatoms. The first kappa shape index (κ1) is 24.6. The molecule has 0 bridgehead atoms. The second-order valence-corrected chi connectivity index (χ2v) is 9.67. The number of rotatable bonds is 5. The Bertz CT molecular complexity index is 1250. The van der Waals surface area contributed by atoms with Crippen molar-refractivity contribution < 1.29 is 23.1 Å². The van der Waals surface area contributed by atoms with Crippen LogP contribution >= 0.6 is 0 Å². The van der Waals surface area contributed by atoms with Crippen molar-refractivity contribution in [2.75, 3.05) is 26.2 Å². The molecular weight excluding hydrogens is 469 g/mol. The van der Waals surface area contributed by atoms with Crippen molar-refractivity contribution in [1.29, 1.82) is 0 Å². The molecule has 0 amide bonds. The molecule has 5 rings (SSSR count). The van der Waals surface area contributed by atoms with Crippen molar-refractivity contribution in [2.45, 2.75) is 50.9 Å². The summed E-state index contributed by atoms with van der Waals surface area (Å²) in [6.45, 7) is 4.14. The molecule has 0 saturated carbocycles. The first-order chi connectivity index (χ1) is 17.3. The summed E-state index contributed by atoms with van der Waals surface area (Å²) in [5, 5.41) is 10.2. The minimum absolute atomic E-state index is 0.00571. The number of carboxylic acid groups (broad SMARTS) is 1. The molecule has 1 aromatic carbocycles. The van der Waals surface area contributed by atoms with Crippen LogP contribution in [0.5, 0.6) is 0 Å². The van der Waals surface area contributed by atoms with Crippen LogP contribution in [0, 0.1) is 0 Å². The van der Waals surface area contributed by atoms with Gasteiger partial charge >= 0.3 is 12.1 Å². The van der Waals surface area contributed by atoms with E-state index in [4.69, 9.17) is 0 Å². The van der Waals surface area contributed by atoms with Crippen molar-refractivity contribution in [1.82, 2.24) is 19.8 Å². The minimum Gasteiger partial charge on any atom is -0.478 e. The van der Waals surface area contributed by atoms with Gasteiger partial charge in [0.25, 0.3) is 0 Å². The highest BCUT2D eigenvalue weighted by molar-refractivity contribution is 6.04. The Morgan fingerprint density at radius 2 is 1.78 bits per heavy atom. The quantitative estimate of drug-likeness (QED) is 0.504. The predicted octanol–water partition coefficient (Wildman–Crippen LogP) is 5.46. The van der Waals surface area contributed by atoms with Gasteiger partial charge in [0.15, 0.2) is 0 Å². The highest BCUT2D eigenvalue weighted by Gasteiger charge is 2.32. The van der Waals surface area contributed by atoms with E-state index in [1.54, 1.807) is 18.2 Å². The minimum atomic E-state index is -4.51. The number of alkyl halides is 3. The number of piperidine rings is 2. The van der Waals surface area contributed by atoms with Gasteiger partial charge in [-0.25, -0.2) is 9.78 Å². The fourth-order valence-corrected chi connectivity index (χ4v) is 5.54. The van der Waals surface area contributed by atoms with Gasteiger partial charge in [-0.1, -0.05) is 18.6 Å². The molecule has 6 nitrogen and oxygen atoms in total. The predicted molar refractivity (Wildman–Crippen MR) is 131 cm³/mol. The van der Waals surface area contributed by atoms with E-state index in [9.17, 15) is 23.1 Å². The average molecular weight is 499 g/mol. The molecule has 190 valence electrons. The summed E-state index contributed by atoms with van der Waals surface area (Å²) >= 11 is 0. The van der Waals surface area contributed by atoms with Crippen LogP contribution in [0.15, 0.2) is 42.6 Å². The SMILES string of the molecule is O=C(O)c1c(CN2CCC(N3CCCCC3)CC2)c(-c2cccc(C(F)(F)F)c2)nc2cccnc12. The second-order valence-electron chi connectivity index (χ2n) is 9.67. The topological polar surface area (TPSA) is 69.6 Å². The van der Waals surface area contributed by atoms with E-state index >= 15 is 0 Å². The van der Waals surface area contributed by atoms with Gasteiger partial charge in [0.2, 0.25) is 0 Å². The van der Waals surface area contributed by atoms with Crippen LogP contribution in [0.1, 0.15) is 53.6 Å². The summed E-state index contributed by atoms with van der Waals surface area (Å²) in [4.78, 5) is 26.1. The highest BCUT2D eigenvalue weighted by Crippen LogP contribution is 2.35. The number of fused-ring (bicyclic) bond motifs is 1. The summed E-state index contributed by atoms with van der Waals surface area (Å²) in [6.07, 6.45) is 2.72. The van der Waals surface area contributed by atoms with Crippen LogP contribution in [0.4, 0.5) is 13.2 Å². The largest absolute Gasteiger partial charge is 0.478 e. The number of benzene rings is 1. The molecule has 0 spiro atoms. The Morgan fingerprint density at radius 1 is 1.03 bits per heavy atom. The van der Waals surface area contributed by atoms with Crippen LogP contribution < -0.4 is 0 Å². The van der Waals surface area contributed by atoms with Gasteiger partial charge in [-0.05, 0) is 76.1 Å². The number of pyridine rings is 2. The Morgan fingerprint density at radius 3 is 2.47 bits per heavy atom. The van der Waals surface area contributed by atoms with Gasteiger partial charge in [-0.2, -0.15) is 13.2 Å². The third-order valence-corrected chi connectivity index (χ3v) is 7.37. The molecular formula is C27H29F3N4O2. The van der Waals surface area contributed by atoms with Crippen LogP contribution in [0.2, 0.25) is 0 Å². The maximum absolute atomic E-state index is 13.5. The molecule has 0 atom stereocenters. The fourth-order valence-electron chi connectivity index (χ4n) is 5.54. The molecule has 36 heavy (non-hydrogen) atoms. The molecule has 2 aliphatic rings. The summed E-state index contributed by atoms with van der Waals surface area (Å²) in [5.41, 5.74) is 0.719. The van der Waals surface area contributed by atoms with Crippen molar-refractivity contribution in [3.05, 3.63) is 59.3 Å². The van der Waals surface area contributed by atoms with E-state index in [0.29, 0.717) is 23.7 Å². The van der Waals surface area contributed by atoms with Crippen LogP contribution in [0.25, 0.3) is 22.3 Å². The Hall–Kier alpha value is -3.04. The monoisotopic (exact) mass is 498 g/mol. The molecule has 0 radical (unpaired) electrons. The number of nitrogens with zero attached hydrogens (tertiary/aromatic N) is 4. The van der Waals surface area contributed by atoms with Crippen LogP contribution in [-0.2, 0) is 12.7 Å². The fraction of sp³-hybridized carbons (Fsp3) is 0.444. The van der Waals surface area contributed by atoms with Gasteiger partial charge in [-0.3, -0.25) is 9.88 Å². The summed E-state index contributed by atoms with van der Waals surface area (Å²) in [7, 11) is 0. The number of hydrogen-bond acceptors (Lipinski definition) is 5. The Balaban J connectivity index is 1.52. The van der Waals surface area contributed by atoms with Crippen LogP contribution in [0.3, 0.4) is 0 Å². The highest BCUT2D eigenvalue weighted by atomic mass is 19.4. The Kier molecular flexibility index (Phi) is 6.94. The van der Waals surface area contributed by atoms with Gasteiger partial charge < -0.3 is 10.0 Å². The lowest BCUT2D eigenvalue weighted by molar-refractivity contribution is -0.137. The standard InChI is InChI=1S/C27H29F3N4O2/c28-27(29,30)19-7-4-6-18(16-19)24-21(23(26(35)36)25-22(32-24)8-5-11-31-25)17-33-14-9-20(10-15-33)34-12-2-1-3-13-34/h4-8,11,16,20H,1-3,9-10,12-15,17H2,(H,35,36). The zero-order chi connectivity index (χ0) is 25.3. The molecule has 0 aliphatic carbocycles. The number of aromatic carboxylic acids is 1. The molecule has 3 aromatic rings. The zero-order valence-electron chi connectivity index (χ0n) is 20.0. The first-order valence-corrected chi connectivity index (χ1v) is 12.5. The van der Waals surface area contributed by atoms with Gasteiger partial charge in [0, 0.05) is 29.9 Å². The number of carbonyl (C=O) groups is 1. The smallest absolute Gasteiger partial charge is 0.416 e. The number of likely N-dealkylation sites (tertiary alicyclic amines) is 2. The number of hydrogen-bond donors (Lipinski definition) is 1. The van der Waals surface area contributed by atoms with Gasteiger partial charge in [0.1, 0.15) is 5.52 Å². The third kappa shape index (κ3) is 5.08. The summed E-state index contributed by atoms with van der Waals surface area (Å²) in [6, 6.07) is 8.75. The maximum atomic E-state index is 13.5. The van der Waals surface area contributed by atoms with Gasteiger partial charge in [0.05, 0.1) is 22.3 Å². The van der Waals surface area contributed by atoms with E-state index in [1.807, 2.05) is 0 Å². The van der Waals surface area contributed by atoms with Gasteiger partial charge in [-0.15, -0.1) is 0 Å². The molecule has 4 heterocycles. The number of carboxylic acids is 1. The maximum Gasteiger partial charge on any atom is 0.416 e. The van der Waals surface area contributed by atoms with Crippen molar-refractivity contribution in [3.63, 3.8) is 0 Å². The molecule has 0 unspecified atom stereocenters. The normalized spacial score (nSPS) is 18.5. The van der Waals surface area contributed by atoms with Crippen molar-refractivity contribution in [2.24, 2.45) is 0 Å². The van der Waals surface area contributed by atoms with E-state index < -0.39 is 17.7 Å². The molecule has 2 aliphatic heterocycles. The average Bonchev–Trinajstić information content (AvgIpc) is 2.88. The molecule has 2 aromatic heterocycles. The molecule has 2 saturated heterocycles. The summed E-state index contributed by atoms with van der Waals surface area (Å²) < 4.78 is 40.4.